The number of thioether (sulfide) groups is 1. The summed E-state index contributed by atoms with van der Waals surface area (Å²) in [7, 11) is 0. The highest BCUT2D eigenvalue weighted by atomic mass is 35.5. The maximum absolute atomic E-state index is 12.3. The highest BCUT2D eigenvalue weighted by Crippen LogP contribution is 2.25. The first kappa shape index (κ1) is 16.1. The number of carbonyl (C=O) groups is 1. The largest absolute Gasteiger partial charge is 0.324 e. The summed E-state index contributed by atoms with van der Waals surface area (Å²) in [6, 6.07) is 7.07. The van der Waals surface area contributed by atoms with Gasteiger partial charge in [0.05, 0.1) is 21.7 Å². The van der Waals surface area contributed by atoms with Crippen LogP contribution >= 0.6 is 23.4 Å². The average molecular weight is 350 g/mol. The Morgan fingerprint density at radius 3 is 2.96 bits per heavy atom. The third kappa shape index (κ3) is 3.59. The molecule has 1 aliphatic carbocycles. The fourth-order valence-corrected chi connectivity index (χ4v) is 3.49. The van der Waals surface area contributed by atoms with Gasteiger partial charge in [0.25, 0.3) is 5.56 Å². The van der Waals surface area contributed by atoms with Crippen LogP contribution in [-0.2, 0) is 17.6 Å². The van der Waals surface area contributed by atoms with Gasteiger partial charge >= 0.3 is 0 Å². The molecule has 23 heavy (non-hydrogen) atoms. The summed E-state index contributed by atoms with van der Waals surface area (Å²) in [5, 5.41) is 3.35. The number of anilines is 1. The minimum Gasteiger partial charge on any atom is -0.324 e. The molecule has 2 aromatic rings. The normalized spacial score (nSPS) is 14.3. The Bertz CT molecular complexity index is 806. The number of aromatic amines is 1. The van der Waals surface area contributed by atoms with Crippen molar-refractivity contribution in [3.63, 3.8) is 0 Å². The molecule has 7 heteroatoms. The topological polar surface area (TPSA) is 74.8 Å². The van der Waals surface area contributed by atoms with Gasteiger partial charge in [0.2, 0.25) is 5.91 Å². The SMILES string of the molecule is C[C@H](Sc1nc2c(c(=O)[nH]1)CCC2)C(=O)Nc1ccccc1Cl. The second-order valence-corrected chi connectivity index (χ2v) is 7.12. The highest BCUT2D eigenvalue weighted by Gasteiger charge is 2.21. The molecule has 3 rings (SSSR count). The summed E-state index contributed by atoms with van der Waals surface area (Å²) in [4.78, 5) is 31.5. The molecule has 0 unspecified atom stereocenters. The minimum absolute atomic E-state index is 0.0892. The fraction of sp³-hybridized carbons (Fsp3) is 0.312. The molecule has 0 bridgehead atoms. The third-order valence-electron chi connectivity index (χ3n) is 3.71. The smallest absolute Gasteiger partial charge is 0.254 e. The molecule has 1 aromatic heterocycles. The van der Waals surface area contributed by atoms with Gasteiger partial charge in [0.1, 0.15) is 0 Å². The lowest BCUT2D eigenvalue weighted by atomic mass is 10.3. The van der Waals surface area contributed by atoms with E-state index in [1.54, 1.807) is 31.2 Å². The van der Waals surface area contributed by atoms with Gasteiger partial charge in [-0.15, -0.1) is 0 Å². The first-order valence-electron chi connectivity index (χ1n) is 7.38. The van der Waals surface area contributed by atoms with E-state index in [-0.39, 0.29) is 11.5 Å². The molecule has 1 heterocycles. The highest BCUT2D eigenvalue weighted by molar-refractivity contribution is 8.00. The molecule has 120 valence electrons. The van der Waals surface area contributed by atoms with Crippen molar-refractivity contribution in [3.8, 4) is 0 Å². The van der Waals surface area contributed by atoms with Crippen LogP contribution in [0.2, 0.25) is 5.02 Å². The van der Waals surface area contributed by atoms with E-state index >= 15 is 0 Å². The van der Waals surface area contributed by atoms with Crippen LogP contribution in [0.3, 0.4) is 0 Å². The molecule has 1 aromatic carbocycles. The quantitative estimate of drug-likeness (QED) is 0.657. The zero-order chi connectivity index (χ0) is 16.4. The zero-order valence-corrected chi connectivity index (χ0v) is 14.1. The monoisotopic (exact) mass is 349 g/mol. The van der Waals surface area contributed by atoms with Crippen LogP contribution in [0.4, 0.5) is 5.69 Å². The number of rotatable bonds is 4. The Labute approximate surface area is 142 Å². The lowest BCUT2D eigenvalue weighted by molar-refractivity contribution is -0.115. The van der Waals surface area contributed by atoms with Gasteiger partial charge in [-0.2, -0.15) is 0 Å². The summed E-state index contributed by atoms with van der Waals surface area (Å²) in [6.07, 6.45) is 2.57. The van der Waals surface area contributed by atoms with Gasteiger partial charge in [0, 0.05) is 5.56 Å². The Morgan fingerprint density at radius 2 is 2.17 bits per heavy atom. The second-order valence-electron chi connectivity index (χ2n) is 5.38. The molecule has 5 nitrogen and oxygen atoms in total. The van der Waals surface area contributed by atoms with Crippen LogP contribution in [0.1, 0.15) is 24.6 Å². The summed E-state index contributed by atoms with van der Waals surface area (Å²) in [5.74, 6) is -0.189. The van der Waals surface area contributed by atoms with Crippen molar-refractivity contribution in [1.29, 1.82) is 0 Å². The molecule has 1 aliphatic rings. The van der Waals surface area contributed by atoms with E-state index in [1.165, 1.54) is 11.8 Å². The lowest BCUT2D eigenvalue weighted by Gasteiger charge is -2.12. The summed E-state index contributed by atoms with van der Waals surface area (Å²) in [5.41, 5.74) is 2.12. The van der Waals surface area contributed by atoms with Crippen molar-refractivity contribution < 1.29 is 4.79 Å². The number of hydrogen-bond donors (Lipinski definition) is 2. The number of benzene rings is 1. The molecule has 0 radical (unpaired) electrons. The number of aryl methyl sites for hydroxylation is 1. The maximum Gasteiger partial charge on any atom is 0.254 e. The van der Waals surface area contributed by atoms with Crippen LogP contribution in [0.25, 0.3) is 0 Å². The van der Waals surface area contributed by atoms with Crippen LogP contribution in [0.5, 0.6) is 0 Å². The Hall–Kier alpha value is -1.79. The Balaban J connectivity index is 1.71. The molecule has 0 saturated carbocycles. The minimum atomic E-state index is -0.408. The number of halogens is 1. The van der Waals surface area contributed by atoms with Gasteiger partial charge in [-0.1, -0.05) is 35.5 Å². The number of nitrogens with zero attached hydrogens (tertiary/aromatic N) is 1. The molecule has 1 amide bonds. The van der Waals surface area contributed by atoms with Crippen molar-refractivity contribution in [2.45, 2.75) is 36.6 Å². The summed E-state index contributed by atoms with van der Waals surface area (Å²) in [6.45, 7) is 1.77. The van der Waals surface area contributed by atoms with Crippen molar-refractivity contribution in [2.24, 2.45) is 0 Å². The van der Waals surface area contributed by atoms with Gasteiger partial charge < -0.3 is 10.3 Å². The molecular weight excluding hydrogens is 334 g/mol. The van der Waals surface area contributed by atoms with Crippen LogP contribution in [-0.4, -0.2) is 21.1 Å². The van der Waals surface area contributed by atoms with Crippen molar-refractivity contribution in [3.05, 3.63) is 50.9 Å². The van der Waals surface area contributed by atoms with E-state index in [4.69, 9.17) is 11.6 Å². The predicted octanol–water partition coefficient (Wildman–Crippen LogP) is 3.03. The molecule has 2 N–H and O–H groups in total. The number of carbonyl (C=O) groups excluding carboxylic acids is 1. The number of H-pyrrole nitrogens is 1. The van der Waals surface area contributed by atoms with Crippen molar-refractivity contribution >= 4 is 35.0 Å². The average Bonchev–Trinajstić information content (AvgIpc) is 2.98. The predicted molar refractivity (Wildman–Crippen MR) is 92.3 cm³/mol. The van der Waals surface area contributed by atoms with Gasteiger partial charge in [-0.25, -0.2) is 4.98 Å². The number of amides is 1. The van der Waals surface area contributed by atoms with E-state index in [0.29, 0.717) is 15.9 Å². The molecule has 0 aliphatic heterocycles. The first-order valence-corrected chi connectivity index (χ1v) is 8.64. The van der Waals surface area contributed by atoms with Crippen molar-refractivity contribution in [2.75, 3.05) is 5.32 Å². The number of nitrogens with one attached hydrogen (secondary N) is 2. The van der Waals surface area contributed by atoms with E-state index in [9.17, 15) is 9.59 Å². The second kappa shape index (κ2) is 6.76. The summed E-state index contributed by atoms with van der Waals surface area (Å²) >= 11 is 7.27. The fourth-order valence-electron chi connectivity index (χ4n) is 2.49. The Morgan fingerprint density at radius 1 is 1.39 bits per heavy atom. The lowest BCUT2D eigenvalue weighted by Crippen LogP contribution is -2.24. The van der Waals surface area contributed by atoms with Crippen molar-refractivity contribution in [1.82, 2.24) is 9.97 Å². The molecule has 0 fully saturated rings. The Kier molecular flexibility index (Phi) is 4.73. The first-order chi connectivity index (χ1) is 11.0. The standard InChI is InChI=1S/C16H16ClN3O2S/c1-9(14(21)18-13-7-3-2-6-11(13)17)23-16-19-12-8-4-5-10(12)15(22)20-16/h2-3,6-7,9H,4-5,8H2,1H3,(H,18,21)(H,19,20,22)/t9-/m0/s1. The third-order valence-corrected chi connectivity index (χ3v) is 5.02. The van der Waals surface area contributed by atoms with Crippen LogP contribution in [0, 0.1) is 0 Å². The van der Waals surface area contributed by atoms with E-state index < -0.39 is 5.25 Å². The number of aromatic nitrogens is 2. The van der Waals surface area contributed by atoms with Crippen LogP contribution in [0.15, 0.2) is 34.2 Å². The van der Waals surface area contributed by atoms with E-state index in [1.807, 2.05) is 0 Å². The van der Waals surface area contributed by atoms with Gasteiger partial charge in [-0.3, -0.25) is 9.59 Å². The van der Waals surface area contributed by atoms with Gasteiger partial charge in [0.15, 0.2) is 5.16 Å². The molecular formula is C16H16ClN3O2S. The van der Waals surface area contributed by atoms with Crippen LogP contribution < -0.4 is 10.9 Å². The number of para-hydroxylation sites is 1. The number of fused-ring (bicyclic) bond motifs is 1. The van der Waals surface area contributed by atoms with E-state index in [0.717, 1.165) is 30.5 Å². The number of hydrogen-bond acceptors (Lipinski definition) is 4. The molecule has 1 atom stereocenters. The summed E-state index contributed by atoms with van der Waals surface area (Å²) < 4.78 is 0. The maximum atomic E-state index is 12.3. The molecule has 0 saturated heterocycles. The molecule has 0 spiro atoms. The van der Waals surface area contributed by atoms with Gasteiger partial charge in [-0.05, 0) is 38.3 Å². The zero-order valence-electron chi connectivity index (χ0n) is 12.6. The van der Waals surface area contributed by atoms with E-state index in [2.05, 4.69) is 15.3 Å².